The van der Waals surface area contributed by atoms with Crippen LogP contribution in [0.3, 0.4) is 0 Å². The minimum atomic E-state index is 0.581. The molecule has 3 heteroatoms. The smallest absolute Gasteiger partial charge is 0.100 e. The SMILES string of the molecule is [CH2]CN(COC)COC. The number of hydrogen-bond acceptors (Lipinski definition) is 3. The molecular weight excluding hydrogens is 118 g/mol. The average molecular weight is 132 g/mol. The van der Waals surface area contributed by atoms with Gasteiger partial charge in [0.25, 0.3) is 0 Å². The molecule has 0 heterocycles. The van der Waals surface area contributed by atoms with E-state index in [1.54, 1.807) is 14.2 Å². The van der Waals surface area contributed by atoms with Gasteiger partial charge in [0.1, 0.15) is 13.5 Å². The van der Waals surface area contributed by atoms with Gasteiger partial charge in [-0.05, 0) is 6.92 Å². The van der Waals surface area contributed by atoms with E-state index in [-0.39, 0.29) is 0 Å². The Morgan fingerprint density at radius 1 is 1.22 bits per heavy atom. The van der Waals surface area contributed by atoms with Gasteiger partial charge >= 0.3 is 0 Å². The van der Waals surface area contributed by atoms with Crippen LogP contribution in [-0.4, -0.2) is 39.1 Å². The summed E-state index contributed by atoms with van der Waals surface area (Å²) in [7, 11) is 3.30. The van der Waals surface area contributed by atoms with Gasteiger partial charge in [-0.25, -0.2) is 0 Å². The molecule has 3 nitrogen and oxygen atoms in total. The third-order valence-corrected chi connectivity index (χ3v) is 0.940. The van der Waals surface area contributed by atoms with Gasteiger partial charge in [-0.15, -0.1) is 0 Å². The molecule has 0 bridgehead atoms. The number of ether oxygens (including phenoxy) is 2. The molecule has 0 aliphatic heterocycles. The van der Waals surface area contributed by atoms with Crippen LogP contribution in [0.15, 0.2) is 0 Å². The summed E-state index contributed by atoms with van der Waals surface area (Å²) in [4.78, 5) is 1.93. The Hall–Kier alpha value is -0.120. The van der Waals surface area contributed by atoms with Gasteiger partial charge in [0.2, 0.25) is 0 Å². The number of rotatable bonds is 5. The summed E-state index contributed by atoms with van der Waals surface area (Å²) in [5.41, 5.74) is 0. The molecule has 1 radical (unpaired) electrons. The molecule has 9 heavy (non-hydrogen) atoms. The van der Waals surface area contributed by atoms with Crippen LogP contribution in [-0.2, 0) is 9.47 Å². The third-order valence-electron chi connectivity index (χ3n) is 0.940. The average Bonchev–Trinajstić information content (AvgIpc) is 1.88. The molecule has 55 valence electrons. The van der Waals surface area contributed by atoms with Gasteiger partial charge < -0.3 is 9.47 Å². The molecule has 0 saturated heterocycles. The Morgan fingerprint density at radius 3 is 1.89 bits per heavy atom. The van der Waals surface area contributed by atoms with Crippen molar-refractivity contribution in [1.82, 2.24) is 4.90 Å². The first kappa shape index (κ1) is 8.88. The van der Waals surface area contributed by atoms with Gasteiger partial charge in [0.15, 0.2) is 0 Å². The monoisotopic (exact) mass is 132 g/mol. The van der Waals surface area contributed by atoms with Crippen LogP contribution >= 0.6 is 0 Å². The Morgan fingerprint density at radius 2 is 1.67 bits per heavy atom. The first-order valence-corrected chi connectivity index (χ1v) is 2.84. The van der Waals surface area contributed by atoms with Crippen molar-refractivity contribution < 1.29 is 9.47 Å². The van der Waals surface area contributed by atoms with Crippen molar-refractivity contribution in [2.24, 2.45) is 0 Å². The number of methoxy groups -OCH3 is 2. The summed E-state index contributed by atoms with van der Waals surface area (Å²) in [6.45, 7) is 5.56. The first-order valence-electron chi connectivity index (χ1n) is 2.84. The molecular formula is C6H14NO2. The lowest BCUT2D eigenvalue weighted by molar-refractivity contribution is -0.00636. The highest BCUT2D eigenvalue weighted by molar-refractivity contribution is 4.46. The minimum Gasteiger partial charge on any atom is -0.369 e. The van der Waals surface area contributed by atoms with Crippen molar-refractivity contribution in [3.8, 4) is 0 Å². The quantitative estimate of drug-likeness (QED) is 0.503. The first-order chi connectivity index (χ1) is 4.35. The molecule has 0 spiro atoms. The van der Waals surface area contributed by atoms with Crippen LogP contribution in [0.1, 0.15) is 0 Å². The third kappa shape index (κ3) is 4.39. The van der Waals surface area contributed by atoms with E-state index in [4.69, 9.17) is 9.47 Å². The maximum atomic E-state index is 4.85. The van der Waals surface area contributed by atoms with E-state index in [2.05, 4.69) is 6.92 Å². The highest BCUT2D eigenvalue weighted by Crippen LogP contribution is 1.85. The Bertz CT molecular complexity index is 53.0. The molecule has 0 amide bonds. The summed E-state index contributed by atoms with van der Waals surface area (Å²) in [6, 6.07) is 0. The standard InChI is InChI=1S/C6H14NO2/c1-4-7(5-8-2)6-9-3/h1,4-6H2,2-3H3. The topological polar surface area (TPSA) is 21.7 Å². The van der Waals surface area contributed by atoms with E-state index in [9.17, 15) is 0 Å². The molecule has 0 aliphatic rings. The summed E-state index contributed by atoms with van der Waals surface area (Å²) in [5.74, 6) is 0. The zero-order valence-electron chi connectivity index (χ0n) is 6.09. The zero-order valence-corrected chi connectivity index (χ0v) is 6.09. The van der Waals surface area contributed by atoms with Crippen molar-refractivity contribution >= 4 is 0 Å². The van der Waals surface area contributed by atoms with Gasteiger partial charge in [-0.1, -0.05) is 0 Å². The lowest BCUT2D eigenvalue weighted by atomic mass is 10.7. The molecule has 0 aromatic heterocycles. The van der Waals surface area contributed by atoms with E-state index in [0.717, 1.165) is 0 Å². The largest absolute Gasteiger partial charge is 0.369 e. The molecule has 0 aromatic rings. The normalized spacial score (nSPS) is 10.7. The molecule has 0 fully saturated rings. The molecule has 0 atom stereocenters. The predicted molar refractivity (Wildman–Crippen MR) is 35.8 cm³/mol. The van der Waals surface area contributed by atoms with Crippen LogP contribution < -0.4 is 0 Å². The van der Waals surface area contributed by atoms with E-state index in [1.807, 2.05) is 4.90 Å². The second-order valence-electron chi connectivity index (χ2n) is 1.73. The van der Waals surface area contributed by atoms with E-state index >= 15 is 0 Å². The van der Waals surface area contributed by atoms with Crippen LogP contribution in [0.4, 0.5) is 0 Å². The Kier molecular flexibility index (Phi) is 5.93. The Balaban J connectivity index is 3.18. The predicted octanol–water partition coefficient (Wildman–Crippen LogP) is 0.330. The van der Waals surface area contributed by atoms with Gasteiger partial charge in [-0.3, -0.25) is 4.90 Å². The maximum Gasteiger partial charge on any atom is 0.100 e. The van der Waals surface area contributed by atoms with Crippen LogP contribution in [0, 0.1) is 6.92 Å². The fraction of sp³-hybridized carbons (Fsp3) is 0.833. The second kappa shape index (κ2) is 6.01. The number of nitrogens with zero attached hydrogens (tertiary/aromatic N) is 1. The summed E-state index contributed by atoms with van der Waals surface area (Å²) < 4.78 is 9.71. The van der Waals surface area contributed by atoms with E-state index in [1.165, 1.54) is 0 Å². The maximum absolute atomic E-state index is 4.85. The second-order valence-corrected chi connectivity index (χ2v) is 1.73. The van der Waals surface area contributed by atoms with Crippen LogP contribution in [0.2, 0.25) is 0 Å². The lowest BCUT2D eigenvalue weighted by Crippen LogP contribution is -2.27. The van der Waals surface area contributed by atoms with Crippen molar-refractivity contribution in [3.63, 3.8) is 0 Å². The summed E-state index contributed by atoms with van der Waals surface area (Å²) in [5, 5.41) is 0. The van der Waals surface area contributed by atoms with Gasteiger partial charge in [0, 0.05) is 20.8 Å². The lowest BCUT2D eigenvalue weighted by Gasteiger charge is -2.16. The molecule has 0 N–H and O–H groups in total. The highest BCUT2D eigenvalue weighted by atomic mass is 16.5. The van der Waals surface area contributed by atoms with Gasteiger partial charge in [0.05, 0.1) is 0 Å². The highest BCUT2D eigenvalue weighted by Gasteiger charge is 1.96. The van der Waals surface area contributed by atoms with Crippen LogP contribution in [0.25, 0.3) is 0 Å². The van der Waals surface area contributed by atoms with Crippen molar-refractivity contribution in [2.75, 3.05) is 34.2 Å². The zero-order chi connectivity index (χ0) is 7.11. The minimum absolute atomic E-state index is 0.581. The van der Waals surface area contributed by atoms with Crippen LogP contribution in [0.5, 0.6) is 0 Å². The molecule has 0 aromatic carbocycles. The molecule has 0 saturated carbocycles. The summed E-state index contributed by atoms with van der Waals surface area (Å²) in [6.07, 6.45) is 0. The summed E-state index contributed by atoms with van der Waals surface area (Å²) >= 11 is 0. The fourth-order valence-electron chi connectivity index (χ4n) is 0.532. The number of hydrogen-bond donors (Lipinski definition) is 0. The molecule has 0 unspecified atom stereocenters. The molecule has 0 rings (SSSR count). The Labute approximate surface area is 56.6 Å². The van der Waals surface area contributed by atoms with Gasteiger partial charge in [-0.2, -0.15) is 0 Å². The van der Waals surface area contributed by atoms with E-state index in [0.29, 0.717) is 20.0 Å². The van der Waals surface area contributed by atoms with Crippen molar-refractivity contribution in [2.45, 2.75) is 0 Å². The van der Waals surface area contributed by atoms with Crippen molar-refractivity contribution in [3.05, 3.63) is 6.92 Å². The van der Waals surface area contributed by atoms with Crippen molar-refractivity contribution in [1.29, 1.82) is 0 Å². The molecule has 0 aliphatic carbocycles. The fourth-order valence-corrected chi connectivity index (χ4v) is 0.532. The van der Waals surface area contributed by atoms with E-state index < -0.39 is 0 Å².